The van der Waals surface area contributed by atoms with Crippen LogP contribution < -0.4 is 20.9 Å². The Morgan fingerprint density at radius 1 is 1.12 bits per heavy atom. The summed E-state index contributed by atoms with van der Waals surface area (Å²) in [5.41, 5.74) is -0.447. The van der Waals surface area contributed by atoms with Crippen molar-refractivity contribution >= 4 is 28.8 Å². The lowest BCUT2D eigenvalue weighted by molar-refractivity contribution is 0.0734. The maximum absolute atomic E-state index is 12.5. The van der Waals surface area contributed by atoms with Crippen molar-refractivity contribution in [2.75, 3.05) is 11.9 Å². The second kappa shape index (κ2) is 9.18. The van der Waals surface area contributed by atoms with Crippen LogP contribution in [0.5, 0.6) is 5.75 Å². The minimum absolute atomic E-state index is 0.0215. The highest BCUT2D eigenvalue weighted by atomic mass is 16.5. The molecular formula is C23H17N3O7. The molecule has 3 heterocycles. The van der Waals surface area contributed by atoms with Crippen molar-refractivity contribution in [2.45, 2.75) is 6.92 Å². The number of amides is 1. The standard InChI is InChI=1S/C23H17N3O7/c1-2-31-23(30)26-16-10-14(32-22(29)13-4-3-8-24-12-13)5-6-15(16)19-11-18(28)20-21(33-19)17(27)7-9-25-20/h3-12H,2H2,1H3,(H,25,27)(H,26,30). The van der Waals surface area contributed by atoms with Crippen LogP contribution in [0.2, 0.25) is 0 Å². The molecule has 0 spiro atoms. The van der Waals surface area contributed by atoms with Gasteiger partial charge in [-0.2, -0.15) is 0 Å². The van der Waals surface area contributed by atoms with E-state index in [-0.39, 0.29) is 46.0 Å². The van der Waals surface area contributed by atoms with Crippen molar-refractivity contribution in [3.8, 4) is 17.1 Å². The van der Waals surface area contributed by atoms with Gasteiger partial charge in [0.25, 0.3) is 0 Å². The molecule has 4 rings (SSSR count). The first-order valence-electron chi connectivity index (χ1n) is 9.82. The zero-order chi connectivity index (χ0) is 23.4. The fourth-order valence-corrected chi connectivity index (χ4v) is 3.04. The quantitative estimate of drug-likeness (QED) is 0.351. The number of ether oxygens (including phenoxy) is 2. The number of aromatic amines is 1. The van der Waals surface area contributed by atoms with Gasteiger partial charge in [-0.05, 0) is 31.2 Å². The van der Waals surface area contributed by atoms with Crippen LogP contribution in [0.1, 0.15) is 17.3 Å². The van der Waals surface area contributed by atoms with Crippen molar-refractivity contribution in [3.05, 3.63) is 87.1 Å². The van der Waals surface area contributed by atoms with E-state index in [2.05, 4.69) is 15.3 Å². The number of carbonyl (C=O) groups excluding carboxylic acids is 2. The maximum atomic E-state index is 12.5. The lowest BCUT2D eigenvalue weighted by atomic mass is 10.1. The number of fused-ring (bicyclic) bond motifs is 1. The third-order valence-electron chi connectivity index (χ3n) is 4.51. The number of hydrogen-bond acceptors (Lipinski definition) is 8. The molecule has 0 radical (unpaired) electrons. The second-order valence-electron chi connectivity index (χ2n) is 6.71. The second-order valence-corrected chi connectivity index (χ2v) is 6.71. The number of anilines is 1. The van der Waals surface area contributed by atoms with Crippen molar-refractivity contribution < 1.29 is 23.5 Å². The van der Waals surface area contributed by atoms with Gasteiger partial charge in [0.2, 0.25) is 16.4 Å². The summed E-state index contributed by atoms with van der Waals surface area (Å²) in [6, 6.07) is 9.87. The lowest BCUT2D eigenvalue weighted by Crippen LogP contribution is -2.15. The monoisotopic (exact) mass is 447 g/mol. The van der Waals surface area contributed by atoms with Gasteiger partial charge in [0.15, 0.2) is 0 Å². The molecule has 0 fully saturated rings. The number of nitrogens with one attached hydrogen (secondary N) is 2. The van der Waals surface area contributed by atoms with Crippen LogP contribution >= 0.6 is 0 Å². The molecule has 0 aliphatic heterocycles. The van der Waals surface area contributed by atoms with Gasteiger partial charge >= 0.3 is 12.1 Å². The summed E-state index contributed by atoms with van der Waals surface area (Å²) in [5, 5.41) is 2.53. The van der Waals surface area contributed by atoms with E-state index in [1.165, 1.54) is 48.9 Å². The highest BCUT2D eigenvalue weighted by Gasteiger charge is 2.17. The van der Waals surface area contributed by atoms with E-state index in [4.69, 9.17) is 13.9 Å². The smallest absolute Gasteiger partial charge is 0.411 e. The molecule has 0 saturated heterocycles. The van der Waals surface area contributed by atoms with Crippen LogP contribution in [0, 0.1) is 0 Å². The Balaban J connectivity index is 1.77. The molecule has 0 unspecified atom stereocenters. The van der Waals surface area contributed by atoms with Crippen LogP contribution in [0.4, 0.5) is 10.5 Å². The molecule has 10 nitrogen and oxygen atoms in total. The Morgan fingerprint density at radius 3 is 2.73 bits per heavy atom. The number of pyridine rings is 2. The number of benzene rings is 1. The number of H-pyrrole nitrogens is 1. The molecule has 1 aromatic carbocycles. The predicted octanol–water partition coefficient (Wildman–Crippen LogP) is 3.33. The highest BCUT2D eigenvalue weighted by Crippen LogP contribution is 2.32. The first-order chi connectivity index (χ1) is 16.0. The Hall–Kier alpha value is -4.73. The lowest BCUT2D eigenvalue weighted by Gasteiger charge is -2.13. The first kappa shape index (κ1) is 21.5. The summed E-state index contributed by atoms with van der Waals surface area (Å²) in [5.74, 6) is -0.511. The summed E-state index contributed by atoms with van der Waals surface area (Å²) >= 11 is 0. The van der Waals surface area contributed by atoms with Gasteiger partial charge in [-0.15, -0.1) is 0 Å². The summed E-state index contributed by atoms with van der Waals surface area (Å²) in [6.07, 6.45) is 3.46. The minimum atomic E-state index is -0.768. The maximum Gasteiger partial charge on any atom is 0.411 e. The number of aromatic nitrogens is 2. The molecule has 0 aliphatic rings. The van der Waals surface area contributed by atoms with Gasteiger partial charge in [0.05, 0.1) is 17.9 Å². The summed E-state index contributed by atoms with van der Waals surface area (Å²) in [7, 11) is 0. The summed E-state index contributed by atoms with van der Waals surface area (Å²) in [6.45, 7) is 1.76. The van der Waals surface area contributed by atoms with E-state index < -0.39 is 22.9 Å². The van der Waals surface area contributed by atoms with Gasteiger partial charge in [-0.1, -0.05) is 0 Å². The third kappa shape index (κ3) is 4.64. The molecule has 10 heteroatoms. The Bertz CT molecular complexity index is 1460. The first-order valence-corrected chi connectivity index (χ1v) is 9.82. The van der Waals surface area contributed by atoms with Gasteiger partial charge in [-0.25, -0.2) is 9.59 Å². The van der Waals surface area contributed by atoms with Gasteiger partial charge in [-0.3, -0.25) is 19.9 Å². The van der Waals surface area contributed by atoms with Gasteiger partial charge < -0.3 is 18.9 Å². The van der Waals surface area contributed by atoms with Gasteiger partial charge in [0.1, 0.15) is 17.0 Å². The molecule has 0 aliphatic carbocycles. The van der Waals surface area contributed by atoms with Crippen molar-refractivity contribution in [1.29, 1.82) is 0 Å². The van der Waals surface area contributed by atoms with E-state index in [1.807, 2.05) is 0 Å². The Kier molecular flexibility index (Phi) is 5.98. The molecule has 33 heavy (non-hydrogen) atoms. The van der Waals surface area contributed by atoms with Crippen LogP contribution in [0.25, 0.3) is 22.4 Å². The number of rotatable bonds is 5. The number of hydrogen-bond donors (Lipinski definition) is 2. The summed E-state index contributed by atoms with van der Waals surface area (Å²) < 4.78 is 16.0. The molecule has 0 atom stereocenters. The molecule has 166 valence electrons. The Labute approximate surface area is 185 Å². The minimum Gasteiger partial charge on any atom is -0.450 e. The van der Waals surface area contributed by atoms with Crippen molar-refractivity contribution in [1.82, 2.24) is 9.97 Å². The van der Waals surface area contributed by atoms with Crippen LogP contribution in [-0.2, 0) is 4.74 Å². The fourth-order valence-electron chi connectivity index (χ4n) is 3.04. The average molecular weight is 447 g/mol. The van der Waals surface area contributed by atoms with E-state index in [0.717, 1.165) is 0 Å². The number of esters is 1. The van der Waals surface area contributed by atoms with Crippen molar-refractivity contribution in [3.63, 3.8) is 0 Å². The molecular weight excluding hydrogens is 430 g/mol. The summed E-state index contributed by atoms with van der Waals surface area (Å²) in [4.78, 5) is 55.7. The van der Waals surface area contributed by atoms with E-state index in [1.54, 1.807) is 19.1 Å². The number of carbonyl (C=O) groups is 2. The average Bonchev–Trinajstić information content (AvgIpc) is 2.80. The molecule has 1 amide bonds. The van der Waals surface area contributed by atoms with Crippen LogP contribution in [-0.4, -0.2) is 28.6 Å². The zero-order valence-corrected chi connectivity index (χ0v) is 17.3. The van der Waals surface area contributed by atoms with Crippen LogP contribution in [0.15, 0.2) is 75.1 Å². The van der Waals surface area contributed by atoms with E-state index in [0.29, 0.717) is 0 Å². The van der Waals surface area contributed by atoms with Gasteiger partial charge in [0, 0.05) is 42.4 Å². The fraction of sp³-hybridized carbons (Fsp3) is 0.0870. The molecule has 3 aromatic heterocycles. The zero-order valence-electron chi connectivity index (χ0n) is 17.3. The van der Waals surface area contributed by atoms with Crippen molar-refractivity contribution in [2.24, 2.45) is 0 Å². The van der Waals surface area contributed by atoms with E-state index in [9.17, 15) is 19.2 Å². The van der Waals surface area contributed by atoms with Crippen LogP contribution in [0.3, 0.4) is 0 Å². The topological polar surface area (TPSA) is 141 Å². The predicted molar refractivity (Wildman–Crippen MR) is 118 cm³/mol. The third-order valence-corrected chi connectivity index (χ3v) is 4.51. The largest absolute Gasteiger partial charge is 0.450 e. The normalized spacial score (nSPS) is 10.6. The molecule has 4 aromatic rings. The Morgan fingerprint density at radius 2 is 1.97 bits per heavy atom. The molecule has 0 saturated carbocycles. The SMILES string of the molecule is CCOC(=O)Nc1cc(OC(=O)c2cccnc2)ccc1-c1cc(=O)c2[nH]ccc(=O)c2o1. The molecule has 2 N–H and O–H groups in total. The van der Waals surface area contributed by atoms with E-state index >= 15 is 0 Å². The molecule has 0 bridgehead atoms. The number of nitrogens with zero attached hydrogens (tertiary/aromatic N) is 1. The highest BCUT2D eigenvalue weighted by molar-refractivity contribution is 5.93.